The zero-order valence-corrected chi connectivity index (χ0v) is 11.4. The van der Waals surface area contributed by atoms with Crippen molar-refractivity contribution in [1.82, 2.24) is 0 Å². The molecule has 1 amide bonds. The van der Waals surface area contributed by atoms with Crippen molar-refractivity contribution in [1.29, 1.82) is 0 Å². The quantitative estimate of drug-likeness (QED) is 0.803. The molecule has 0 aromatic heterocycles. The lowest BCUT2D eigenvalue weighted by Crippen LogP contribution is -2.34. The first kappa shape index (κ1) is 13.6. The Hall–Kier alpha value is -1.84. The molecule has 98 valence electrons. The zero-order valence-electron chi connectivity index (χ0n) is 10.5. The highest BCUT2D eigenvalue weighted by atomic mass is 35.5. The molecule has 4 heteroatoms. The average Bonchev–Trinajstić information content (AvgIpc) is 2.51. The summed E-state index contributed by atoms with van der Waals surface area (Å²) in [6, 6.07) is 15.1. The van der Waals surface area contributed by atoms with E-state index in [2.05, 4.69) is 0 Å². The van der Waals surface area contributed by atoms with Gasteiger partial charge in [0.2, 0.25) is 5.91 Å². The summed E-state index contributed by atoms with van der Waals surface area (Å²) in [6.07, 6.45) is 0. The lowest BCUT2D eigenvalue weighted by atomic mass is 9.96. The van der Waals surface area contributed by atoms with E-state index in [1.165, 1.54) is 0 Å². The summed E-state index contributed by atoms with van der Waals surface area (Å²) < 4.78 is 0. The summed E-state index contributed by atoms with van der Waals surface area (Å²) in [5.41, 5.74) is 9.95. The molecule has 1 aliphatic heterocycles. The van der Waals surface area contributed by atoms with Crippen LogP contribution in [0.3, 0.4) is 0 Å². The molecule has 1 aliphatic rings. The predicted octanol–water partition coefficient (Wildman–Crippen LogP) is 2.75. The van der Waals surface area contributed by atoms with Gasteiger partial charge in [-0.15, -0.1) is 12.4 Å². The number of nitrogens with two attached hydrogens (primary N) is 1. The molecule has 1 heterocycles. The summed E-state index contributed by atoms with van der Waals surface area (Å²) in [4.78, 5) is 13.9. The number of carbonyl (C=O) groups is 1. The molecule has 19 heavy (non-hydrogen) atoms. The van der Waals surface area contributed by atoms with Gasteiger partial charge in [-0.25, -0.2) is 0 Å². The van der Waals surface area contributed by atoms with Gasteiger partial charge in [-0.1, -0.05) is 42.5 Å². The smallest absolute Gasteiger partial charge is 0.248 e. The molecule has 2 aromatic rings. The molecule has 0 unspecified atom stereocenters. The van der Waals surface area contributed by atoms with E-state index in [4.69, 9.17) is 5.73 Å². The predicted molar refractivity (Wildman–Crippen MR) is 79.5 cm³/mol. The van der Waals surface area contributed by atoms with E-state index < -0.39 is 6.04 Å². The van der Waals surface area contributed by atoms with E-state index in [1.807, 2.05) is 48.5 Å². The fourth-order valence-corrected chi connectivity index (χ4v) is 2.47. The van der Waals surface area contributed by atoms with E-state index in [0.717, 1.165) is 22.4 Å². The first-order valence-electron chi connectivity index (χ1n) is 5.91. The number of likely N-dealkylation sites (N-methyl/N-ethyl adjacent to an activating group) is 1. The minimum Gasteiger partial charge on any atom is -0.316 e. The number of benzene rings is 2. The average molecular weight is 275 g/mol. The number of halogens is 1. The van der Waals surface area contributed by atoms with Crippen molar-refractivity contribution in [2.24, 2.45) is 5.73 Å². The SMILES string of the molecule is CN1C(=O)[C@@H](N)c2ccccc2-c2ccccc21.Cl. The van der Waals surface area contributed by atoms with Gasteiger partial charge >= 0.3 is 0 Å². The number of amides is 1. The van der Waals surface area contributed by atoms with Gasteiger partial charge in [0.15, 0.2) is 0 Å². The Kier molecular flexibility index (Phi) is 3.60. The second kappa shape index (κ2) is 5.03. The van der Waals surface area contributed by atoms with Crippen LogP contribution in [-0.2, 0) is 4.79 Å². The van der Waals surface area contributed by atoms with Crippen LogP contribution in [0.15, 0.2) is 48.5 Å². The van der Waals surface area contributed by atoms with Gasteiger partial charge in [-0.05, 0) is 17.2 Å². The highest BCUT2D eigenvalue weighted by Crippen LogP contribution is 2.38. The molecule has 0 aliphatic carbocycles. The Morgan fingerprint density at radius 1 is 1.00 bits per heavy atom. The number of rotatable bonds is 0. The van der Waals surface area contributed by atoms with Crippen molar-refractivity contribution in [2.45, 2.75) is 6.04 Å². The molecule has 1 atom stereocenters. The second-order valence-electron chi connectivity index (χ2n) is 4.48. The standard InChI is InChI=1S/C15H14N2O.ClH/c1-17-13-9-5-4-7-11(13)10-6-2-3-8-12(10)14(16)15(17)18;/h2-9,14H,16H2,1H3;1H/t14-;/m0./s1. The normalized spacial score (nSPS) is 17.1. The van der Waals surface area contributed by atoms with E-state index in [9.17, 15) is 4.79 Å². The van der Waals surface area contributed by atoms with Crippen LogP contribution in [0.5, 0.6) is 0 Å². The van der Waals surface area contributed by atoms with Crippen molar-refractivity contribution in [3.63, 3.8) is 0 Å². The number of hydrogen-bond donors (Lipinski definition) is 1. The molecule has 0 spiro atoms. The Bertz CT molecular complexity index is 574. The summed E-state index contributed by atoms with van der Waals surface area (Å²) in [5.74, 6) is -0.0765. The third kappa shape index (κ3) is 2.01. The molecule has 2 N–H and O–H groups in total. The van der Waals surface area contributed by atoms with Crippen LogP contribution in [0.25, 0.3) is 11.1 Å². The van der Waals surface area contributed by atoms with Gasteiger partial charge < -0.3 is 10.6 Å². The summed E-state index contributed by atoms with van der Waals surface area (Å²) >= 11 is 0. The van der Waals surface area contributed by atoms with E-state index >= 15 is 0 Å². The van der Waals surface area contributed by atoms with E-state index in [0.29, 0.717) is 0 Å². The maximum absolute atomic E-state index is 12.3. The van der Waals surface area contributed by atoms with Crippen molar-refractivity contribution in [2.75, 3.05) is 11.9 Å². The largest absolute Gasteiger partial charge is 0.316 e. The number of carbonyl (C=O) groups excluding carboxylic acids is 1. The van der Waals surface area contributed by atoms with E-state index in [-0.39, 0.29) is 18.3 Å². The number of para-hydroxylation sites is 1. The van der Waals surface area contributed by atoms with E-state index in [1.54, 1.807) is 11.9 Å². The van der Waals surface area contributed by atoms with Crippen LogP contribution in [0.1, 0.15) is 11.6 Å². The Labute approximate surface area is 118 Å². The fourth-order valence-electron chi connectivity index (χ4n) is 2.47. The number of fused-ring (bicyclic) bond motifs is 3. The third-order valence-electron chi connectivity index (χ3n) is 3.45. The number of nitrogens with zero attached hydrogens (tertiary/aromatic N) is 1. The number of hydrogen-bond acceptors (Lipinski definition) is 2. The van der Waals surface area contributed by atoms with Gasteiger partial charge in [0, 0.05) is 12.6 Å². The van der Waals surface area contributed by atoms with Crippen molar-refractivity contribution < 1.29 is 4.79 Å². The van der Waals surface area contributed by atoms with Gasteiger partial charge in [0.25, 0.3) is 0 Å². The van der Waals surface area contributed by atoms with Crippen LogP contribution in [-0.4, -0.2) is 13.0 Å². The lowest BCUT2D eigenvalue weighted by Gasteiger charge is -2.19. The molecule has 3 rings (SSSR count). The third-order valence-corrected chi connectivity index (χ3v) is 3.45. The van der Waals surface area contributed by atoms with Crippen molar-refractivity contribution in [3.05, 3.63) is 54.1 Å². The van der Waals surface area contributed by atoms with Crippen LogP contribution in [0.2, 0.25) is 0 Å². The Morgan fingerprint density at radius 2 is 1.58 bits per heavy atom. The fraction of sp³-hybridized carbons (Fsp3) is 0.133. The molecule has 0 saturated heterocycles. The molecule has 0 radical (unpaired) electrons. The van der Waals surface area contributed by atoms with Crippen molar-refractivity contribution in [3.8, 4) is 11.1 Å². The monoisotopic (exact) mass is 274 g/mol. The first-order chi connectivity index (χ1) is 8.70. The van der Waals surface area contributed by atoms with Crippen LogP contribution < -0.4 is 10.6 Å². The molecule has 3 nitrogen and oxygen atoms in total. The second-order valence-corrected chi connectivity index (χ2v) is 4.48. The highest BCUT2D eigenvalue weighted by molar-refractivity contribution is 6.04. The molecular weight excluding hydrogens is 260 g/mol. The van der Waals surface area contributed by atoms with Gasteiger partial charge in [0.05, 0.1) is 5.69 Å². The maximum atomic E-state index is 12.3. The van der Waals surface area contributed by atoms with Crippen LogP contribution in [0, 0.1) is 0 Å². The molecule has 0 fully saturated rings. The van der Waals surface area contributed by atoms with Gasteiger partial charge in [-0.2, -0.15) is 0 Å². The van der Waals surface area contributed by atoms with Crippen LogP contribution in [0.4, 0.5) is 5.69 Å². The summed E-state index contributed by atoms with van der Waals surface area (Å²) in [6.45, 7) is 0. The highest BCUT2D eigenvalue weighted by Gasteiger charge is 2.28. The van der Waals surface area contributed by atoms with Gasteiger partial charge in [-0.3, -0.25) is 4.79 Å². The molecule has 0 saturated carbocycles. The topological polar surface area (TPSA) is 46.3 Å². The van der Waals surface area contributed by atoms with Crippen LogP contribution >= 0.6 is 12.4 Å². The van der Waals surface area contributed by atoms with Gasteiger partial charge in [0.1, 0.15) is 6.04 Å². The minimum absolute atomic E-state index is 0. The molecular formula is C15H15ClN2O. The summed E-state index contributed by atoms with van der Waals surface area (Å²) in [5, 5.41) is 0. The number of anilines is 1. The molecule has 2 aromatic carbocycles. The van der Waals surface area contributed by atoms with Crippen molar-refractivity contribution >= 4 is 24.0 Å². The minimum atomic E-state index is -0.599. The zero-order chi connectivity index (χ0) is 12.7. The Morgan fingerprint density at radius 3 is 2.32 bits per heavy atom. The maximum Gasteiger partial charge on any atom is 0.248 e. The molecule has 0 bridgehead atoms. The summed E-state index contributed by atoms with van der Waals surface area (Å²) in [7, 11) is 1.77. The first-order valence-corrected chi connectivity index (χ1v) is 5.91. The Balaban J connectivity index is 0.00000133. The lowest BCUT2D eigenvalue weighted by molar-refractivity contribution is -0.119.